The van der Waals surface area contributed by atoms with Crippen LogP contribution in [0.5, 0.6) is 0 Å². The molecule has 7 nitrogen and oxygen atoms in total. The second-order valence-corrected chi connectivity index (χ2v) is 6.59. The number of urea groups is 1. The van der Waals surface area contributed by atoms with Gasteiger partial charge in [0.05, 0.1) is 17.6 Å². The molecule has 0 radical (unpaired) electrons. The highest BCUT2D eigenvalue weighted by atomic mass is 16.2. The lowest BCUT2D eigenvalue weighted by Gasteiger charge is -2.39. The number of piperazine rings is 1. The average Bonchev–Trinajstić information content (AvgIpc) is 2.67. The molecule has 7 heteroatoms. The van der Waals surface area contributed by atoms with Crippen LogP contribution in [0.15, 0.2) is 24.3 Å². The topological polar surface area (TPSA) is 93.7 Å². The monoisotopic (exact) mass is 341 g/mol. The maximum absolute atomic E-state index is 12.7. The standard InChI is InChI=1S/C18H23N5O2/c19-12-14-3-5-16(6-4-14)21-8-10-22(11-9-21)17(24)15-2-1-7-23(13-15)18(20)25/h3-6,15H,1-2,7-11,13H2,(H2,20,25)/t15-/m1/s1. The second-order valence-electron chi connectivity index (χ2n) is 6.59. The maximum Gasteiger partial charge on any atom is 0.314 e. The summed E-state index contributed by atoms with van der Waals surface area (Å²) in [6, 6.07) is 9.20. The first-order valence-electron chi connectivity index (χ1n) is 8.67. The SMILES string of the molecule is N#Cc1ccc(N2CCN(C(=O)[C@@H]3CCCN(C(N)=O)C3)CC2)cc1. The van der Waals surface area contributed by atoms with E-state index in [2.05, 4.69) is 11.0 Å². The lowest BCUT2D eigenvalue weighted by Crippen LogP contribution is -2.53. The predicted octanol–water partition coefficient (Wildman–Crippen LogP) is 0.998. The third kappa shape index (κ3) is 3.85. The Morgan fingerprint density at radius 2 is 1.72 bits per heavy atom. The summed E-state index contributed by atoms with van der Waals surface area (Å²) >= 11 is 0. The normalized spacial score (nSPS) is 20.9. The number of carbonyl (C=O) groups is 2. The zero-order valence-electron chi connectivity index (χ0n) is 14.2. The van der Waals surface area contributed by atoms with Crippen LogP contribution in [0, 0.1) is 17.2 Å². The average molecular weight is 341 g/mol. The summed E-state index contributed by atoms with van der Waals surface area (Å²) in [7, 11) is 0. The molecule has 0 saturated carbocycles. The number of rotatable bonds is 2. The molecule has 0 spiro atoms. The van der Waals surface area contributed by atoms with E-state index in [1.807, 2.05) is 29.2 Å². The zero-order chi connectivity index (χ0) is 17.8. The third-order valence-electron chi connectivity index (χ3n) is 5.04. The van der Waals surface area contributed by atoms with E-state index in [9.17, 15) is 9.59 Å². The third-order valence-corrected chi connectivity index (χ3v) is 5.04. The van der Waals surface area contributed by atoms with Crippen molar-refractivity contribution in [3.05, 3.63) is 29.8 Å². The fraction of sp³-hybridized carbons (Fsp3) is 0.500. The lowest BCUT2D eigenvalue weighted by atomic mass is 9.96. The van der Waals surface area contributed by atoms with E-state index in [1.165, 1.54) is 0 Å². The highest BCUT2D eigenvalue weighted by Gasteiger charge is 2.32. The molecule has 0 unspecified atom stereocenters. The summed E-state index contributed by atoms with van der Waals surface area (Å²) in [6.45, 7) is 3.96. The molecule has 3 rings (SSSR count). The van der Waals surface area contributed by atoms with Crippen LogP contribution in [0.3, 0.4) is 0 Å². The number of carbonyl (C=O) groups excluding carboxylic acids is 2. The smallest absolute Gasteiger partial charge is 0.314 e. The molecular formula is C18H23N5O2. The summed E-state index contributed by atoms with van der Waals surface area (Å²) in [5.74, 6) is -0.00635. The molecule has 2 fully saturated rings. The highest BCUT2D eigenvalue weighted by molar-refractivity contribution is 5.81. The molecule has 1 aromatic carbocycles. The number of likely N-dealkylation sites (tertiary alicyclic amines) is 1. The molecule has 25 heavy (non-hydrogen) atoms. The lowest BCUT2D eigenvalue weighted by molar-refractivity contribution is -0.137. The minimum atomic E-state index is -0.442. The molecule has 2 aliphatic heterocycles. The number of piperidine rings is 1. The van der Waals surface area contributed by atoms with E-state index in [4.69, 9.17) is 11.0 Å². The Hall–Kier alpha value is -2.75. The van der Waals surface area contributed by atoms with Crippen molar-refractivity contribution in [3.8, 4) is 6.07 Å². The first-order valence-corrected chi connectivity index (χ1v) is 8.67. The van der Waals surface area contributed by atoms with Crippen LogP contribution in [0.4, 0.5) is 10.5 Å². The Balaban J connectivity index is 1.55. The van der Waals surface area contributed by atoms with Crippen LogP contribution in [-0.4, -0.2) is 61.0 Å². The molecule has 1 atom stereocenters. The fourth-order valence-electron chi connectivity index (χ4n) is 3.57. The minimum Gasteiger partial charge on any atom is -0.368 e. The van der Waals surface area contributed by atoms with Gasteiger partial charge in [0.2, 0.25) is 5.91 Å². The van der Waals surface area contributed by atoms with E-state index in [0.29, 0.717) is 31.7 Å². The molecule has 0 bridgehead atoms. The Labute approximate surface area is 147 Å². The number of hydrogen-bond acceptors (Lipinski definition) is 4. The first kappa shape index (κ1) is 17.1. The van der Waals surface area contributed by atoms with E-state index in [-0.39, 0.29) is 11.8 Å². The summed E-state index contributed by atoms with van der Waals surface area (Å²) in [6.07, 6.45) is 1.64. The van der Waals surface area contributed by atoms with Crippen molar-refractivity contribution in [3.63, 3.8) is 0 Å². The largest absolute Gasteiger partial charge is 0.368 e. The number of hydrogen-bond donors (Lipinski definition) is 1. The molecular weight excluding hydrogens is 318 g/mol. The second kappa shape index (κ2) is 7.43. The highest BCUT2D eigenvalue weighted by Crippen LogP contribution is 2.21. The van der Waals surface area contributed by atoms with Crippen LogP contribution < -0.4 is 10.6 Å². The van der Waals surface area contributed by atoms with E-state index in [1.54, 1.807) is 4.90 Å². The molecule has 0 aromatic heterocycles. The van der Waals surface area contributed by atoms with Gasteiger partial charge in [-0.15, -0.1) is 0 Å². The summed E-state index contributed by atoms with van der Waals surface area (Å²) in [5, 5.41) is 8.87. The number of benzene rings is 1. The van der Waals surface area contributed by atoms with Crippen molar-refractivity contribution in [1.29, 1.82) is 5.26 Å². The summed E-state index contributed by atoms with van der Waals surface area (Å²) in [4.78, 5) is 29.8. The molecule has 0 aliphatic carbocycles. The maximum atomic E-state index is 12.7. The van der Waals surface area contributed by atoms with E-state index < -0.39 is 6.03 Å². The van der Waals surface area contributed by atoms with Gasteiger partial charge in [-0.1, -0.05) is 0 Å². The number of nitrogens with two attached hydrogens (primary N) is 1. The molecule has 2 heterocycles. The zero-order valence-corrected chi connectivity index (χ0v) is 14.2. The summed E-state index contributed by atoms with van der Waals surface area (Å²) in [5.41, 5.74) is 7.07. The van der Waals surface area contributed by atoms with Crippen molar-refractivity contribution in [1.82, 2.24) is 9.80 Å². The number of nitrogens with zero attached hydrogens (tertiary/aromatic N) is 4. The van der Waals surface area contributed by atoms with E-state index >= 15 is 0 Å². The van der Waals surface area contributed by atoms with Gasteiger partial charge < -0.3 is 20.4 Å². The Morgan fingerprint density at radius 3 is 2.32 bits per heavy atom. The molecule has 2 saturated heterocycles. The van der Waals surface area contributed by atoms with Gasteiger partial charge >= 0.3 is 6.03 Å². The quantitative estimate of drug-likeness (QED) is 0.868. The number of primary amides is 1. The van der Waals surface area contributed by atoms with Crippen molar-refractivity contribution in [2.24, 2.45) is 11.7 Å². The minimum absolute atomic E-state index is 0.130. The van der Waals surface area contributed by atoms with Gasteiger partial charge in [0, 0.05) is 45.0 Å². The van der Waals surface area contributed by atoms with Gasteiger partial charge in [-0.2, -0.15) is 5.26 Å². The Kier molecular flexibility index (Phi) is 5.08. The van der Waals surface area contributed by atoms with Gasteiger partial charge in [-0.25, -0.2) is 4.79 Å². The molecule has 2 N–H and O–H groups in total. The molecule has 132 valence electrons. The van der Waals surface area contributed by atoms with Crippen molar-refractivity contribution in [2.45, 2.75) is 12.8 Å². The van der Waals surface area contributed by atoms with Crippen LogP contribution in [0.1, 0.15) is 18.4 Å². The van der Waals surface area contributed by atoms with Crippen molar-refractivity contribution < 1.29 is 9.59 Å². The van der Waals surface area contributed by atoms with Gasteiger partial charge in [-0.3, -0.25) is 4.79 Å². The van der Waals surface area contributed by atoms with Gasteiger partial charge in [0.15, 0.2) is 0 Å². The number of nitriles is 1. The summed E-state index contributed by atoms with van der Waals surface area (Å²) < 4.78 is 0. The number of amides is 3. The fourth-order valence-corrected chi connectivity index (χ4v) is 3.57. The van der Waals surface area contributed by atoms with E-state index in [0.717, 1.165) is 31.6 Å². The van der Waals surface area contributed by atoms with Crippen LogP contribution in [-0.2, 0) is 4.79 Å². The predicted molar refractivity (Wildman–Crippen MR) is 93.8 cm³/mol. The van der Waals surface area contributed by atoms with Crippen LogP contribution >= 0.6 is 0 Å². The van der Waals surface area contributed by atoms with Crippen molar-refractivity contribution in [2.75, 3.05) is 44.2 Å². The Bertz CT molecular complexity index is 674. The number of anilines is 1. The molecule has 1 aromatic rings. The van der Waals surface area contributed by atoms with Gasteiger partial charge in [-0.05, 0) is 37.1 Å². The van der Waals surface area contributed by atoms with Gasteiger partial charge in [0.1, 0.15) is 0 Å². The van der Waals surface area contributed by atoms with Crippen molar-refractivity contribution >= 4 is 17.6 Å². The molecule has 2 aliphatic rings. The van der Waals surface area contributed by atoms with Gasteiger partial charge in [0.25, 0.3) is 0 Å². The van der Waals surface area contributed by atoms with Crippen LogP contribution in [0.2, 0.25) is 0 Å². The Morgan fingerprint density at radius 1 is 1.04 bits per heavy atom. The molecule has 3 amide bonds. The first-order chi connectivity index (χ1) is 12.1. The van der Waals surface area contributed by atoms with Crippen LogP contribution in [0.25, 0.3) is 0 Å².